The largest absolute Gasteiger partial charge is 0.456 e. The van der Waals surface area contributed by atoms with Gasteiger partial charge in [-0.25, -0.2) is 0 Å². The number of para-hydroxylation sites is 3. The summed E-state index contributed by atoms with van der Waals surface area (Å²) in [6.45, 7) is 0. The summed E-state index contributed by atoms with van der Waals surface area (Å²) in [6.07, 6.45) is 0. The molecule has 0 N–H and O–H groups in total. The second kappa shape index (κ2) is 12.0. The number of benzene rings is 8. The summed E-state index contributed by atoms with van der Waals surface area (Å²) in [6, 6.07) is 66.4. The minimum absolute atomic E-state index is 0.0101. The molecule has 1 aromatic heterocycles. The minimum atomic E-state index is -0.490. The molecule has 0 radical (unpaired) electrons. The fraction of sp³-hybridized carbons (Fsp3) is 0.0200. The van der Waals surface area contributed by atoms with Gasteiger partial charge < -0.3 is 9.32 Å². The topological polar surface area (TPSA) is 33.5 Å². The number of hydrogen-bond donors (Lipinski definition) is 0. The molecule has 0 atom stereocenters. The minimum Gasteiger partial charge on any atom is -0.456 e. The molecule has 0 aliphatic carbocycles. The van der Waals surface area contributed by atoms with Gasteiger partial charge in [0.1, 0.15) is 11.2 Å². The first-order chi connectivity index (χ1) is 26.7. The maximum absolute atomic E-state index is 13.5. The van der Waals surface area contributed by atoms with Crippen LogP contribution in [0, 0.1) is 0 Å². The summed E-state index contributed by atoms with van der Waals surface area (Å²) < 4.78 is 6.09. The van der Waals surface area contributed by atoms with E-state index in [1.807, 2.05) is 54.2 Å². The maximum atomic E-state index is 13.5. The predicted molar refractivity (Wildman–Crippen MR) is 222 cm³/mol. The first-order valence-electron chi connectivity index (χ1n) is 18.2. The van der Waals surface area contributed by atoms with Gasteiger partial charge in [-0.05, 0) is 99.1 Å². The normalized spacial score (nSPS) is 13.7. The standard InChI is InChI=1S/C50H31NO2S/c52-49-38-19-7-10-23-44(38)53-45-28-26-34(30-39(45)49)32-13-11-14-33(29-32)35-25-27-43-47(31-35)54-46-24-12-21-41-48(46)51(43)42-22-9-8-20-40(42)50(41,36-15-3-1-4-16-36)37-17-5-2-6-18-37/h1-31H. The molecule has 0 spiro atoms. The van der Waals surface area contributed by atoms with Gasteiger partial charge in [0.15, 0.2) is 0 Å². The van der Waals surface area contributed by atoms with E-state index >= 15 is 0 Å². The van der Waals surface area contributed by atoms with E-state index in [-0.39, 0.29) is 5.43 Å². The van der Waals surface area contributed by atoms with Crippen LogP contribution in [0.3, 0.4) is 0 Å². The lowest BCUT2D eigenvalue weighted by molar-refractivity contribution is 0.660. The second-order valence-electron chi connectivity index (χ2n) is 14.0. The molecule has 3 nitrogen and oxygen atoms in total. The van der Waals surface area contributed by atoms with Crippen molar-refractivity contribution in [3.8, 4) is 22.3 Å². The highest BCUT2D eigenvalue weighted by atomic mass is 32.2. The highest BCUT2D eigenvalue weighted by molar-refractivity contribution is 7.99. The molecule has 8 aromatic carbocycles. The molecule has 9 aromatic rings. The van der Waals surface area contributed by atoms with Gasteiger partial charge in [-0.2, -0.15) is 0 Å². The Morgan fingerprint density at radius 2 is 1.06 bits per heavy atom. The van der Waals surface area contributed by atoms with Gasteiger partial charge in [0, 0.05) is 9.79 Å². The van der Waals surface area contributed by atoms with E-state index in [1.54, 1.807) is 0 Å². The molecular formula is C50H31NO2S. The van der Waals surface area contributed by atoms with Crippen molar-refractivity contribution in [2.45, 2.75) is 15.2 Å². The molecule has 2 aliphatic rings. The molecule has 0 saturated heterocycles. The first kappa shape index (κ1) is 31.0. The van der Waals surface area contributed by atoms with Crippen LogP contribution in [0.2, 0.25) is 0 Å². The molecule has 254 valence electrons. The van der Waals surface area contributed by atoms with Gasteiger partial charge in [-0.3, -0.25) is 4.79 Å². The average Bonchev–Trinajstić information content (AvgIpc) is 3.24. The van der Waals surface area contributed by atoms with Crippen molar-refractivity contribution < 1.29 is 4.42 Å². The number of anilines is 3. The van der Waals surface area contributed by atoms with Crippen LogP contribution in [0.5, 0.6) is 0 Å². The van der Waals surface area contributed by atoms with Crippen molar-refractivity contribution in [2.24, 2.45) is 0 Å². The molecule has 4 heteroatoms. The van der Waals surface area contributed by atoms with Crippen molar-refractivity contribution in [1.29, 1.82) is 0 Å². The fourth-order valence-corrected chi connectivity index (χ4v) is 9.88. The summed E-state index contributed by atoms with van der Waals surface area (Å²) >= 11 is 1.84. The molecule has 3 heterocycles. The SMILES string of the molecule is O=c1c2ccccc2oc2ccc(-c3cccc(-c4ccc5c(c4)Sc4cccc6c4N5c4ccccc4C6(c4ccccc4)c4ccccc4)c3)cc12. The lowest BCUT2D eigenvalue weighted by Crippen LogP contribution is -2.38. The summed E-state index contributed by atoms with van der Waals surface area (Å²) in [5.41, 5.74) is 13.6. The van der Waals surface area contributed by atoms with Crippen molar-refractivity contribution >= 4 is 50.8 Å². The highest BCUT2D eigenvalue weighted by Gasteiger charge is 2.48. The molecule has 0 unspecified atom stereocenters. The molecule has 0 amide bonds. The van der Waals surface area contributed by atoms with E-state index < -0.39 is 5.41 Å². The number of nitrogens with zero attached hydrogens (tertiary/aromatic N) is 1. The summed E-state index contributed by atoms with van der Waals surface area (Å²) in [5.74, 6) is 0. The Morgan fingerprint density at radius 3 is 1.85 bits per heavy atom. The van der Waals surface area contributed by atoms with Crippen molar-refractivity contribution in [2.75, 3.05) is 4.90 Å². The Balaban J connectivity index is 1.04. The molecule has 0 fully saturated rings. The van der Waals surface area contributed by atoms with Crippen molar-refractivity contribution in [3.63, 3.8) is 0 Å². The highest BCUT2D eigenvalue weighted by Crippen LogP contribution is 2.63. The van der Waals surface area contributed by atoms with Crippen LogP contribution in [0.25, 0.3) is 44.2 Å². The fourth-order valence-electron chi connectivity index (χ4n) is 8.74. The Bertz CT molecular complexity index is 2970. The van der Waals surface area contributed by atoms with Crippen molar-refractivity contribution in [1.82, 2.24) is 0 Å². The molecule has 54 heavy (non-hydrogen) atoms. The third kappa shape index (κ3) is 4.47. The zero-order valence-corrected chi connectivity index (χ0v) is 29.9. The Hall–Kier alpha value is -6.62. The third-order valence-electron chi connectivity index (χ3n) is 11.1. The van der Waals surface area contributed by atoms with E-state index in [4.69, 9.17) is 4.42 Å². The molecule has 2 aliphatic heterocycles. The van der Waals surface area contributed by atoms with E-state index in [9.17, 15) is 4.79 Å². The quantitative estimate of drug-likeness (QED) is 0.170. The summed E-state index contributed by atoms with van der Waals surface area (Å²) in [7, 11) is 0. The first-order valence-corrected chi connectivity index (χ1v) is 19.0. The number of rotatable bonds is 4. The predicted octanol–water partition coefficient (Wildman–Crippen LogP) is 12.9. The van der Waals surface area contributed by atoms with Gasteiger partial charge in [-0.1, -0.05) is 145 Å². The van der Waals surface area contributed by atoms with Crippen LogP contribution < -0.4 is 10.3 Å². The second-order valence-corrected chi connectivity index (χ2v) is 15.1. The van der Waals surface area contributed by atoms with Gasteiger partial charge >= 0.3 is 0 Å². The number of hydrogen-bond acceptors (Lipinski definition) is 4. The van der Waals surface area contributed by atoms with Crippen LogP contribution in [-0.2, 0) is 5.41 Å². The lowest BCUT2D eigenvalue weighted by atomic mass is 9.62. The van der Waals surface area contributed by atoms with E-state index in [0.717, 1.165) is 22.3 Å². The maximum Gasteiger partial charge on any atom is 0.200 e. The number of fused-ring (bicyclic) bond motifs is 6. The van der Waals surface area contributed by atoms with Gasteiger partial charge in [0.25, 0.3) is 0 Å². The van der Waals surface area contributed by atoms with Crippen LogP contribution in [0.4, 0.5) is 17.1 Å². The molecule has 0 saturated carbocycles. The van der Waals surface area contributed by atoms with Gasteiger partial charge in [0.2, 0.25) is 5.43 Å². The van der Waals surface area contributed by atoms with Crippen molar-refractivity contribution in [3.05, 3.63) is 221 Å². The zero-order chi connectivity index (χ0) is 35.8. The van der Waals surface area contributed by atoms with Gasteiger partial charge in [0.05, 0.1) is 33.2 Å². The van der Waals surface area contributed by atoms with Crippen LogP contribution >= 0.6 is 11.8 Å². The summed E-state index contributed by atoms with van der Waals surface area (Å²) in [4.78, 5) is 18.4. The Labute approximate surface area is 316 Å². The monoisotopic (exact) mass is 709 g/mol. The molecule has 11 rings (SSSR count). The van der Waals surface area contributed by atoms with Gasteiger partial charge in [-0.15, -0.1) is 0 Å². The van der Waals surface area contributed by atoms with Crippen LogP contribution in [0.1, 0.15) is 22.3 Å². The van der Waals surface area contributed by atoms with E-state index in [0.29, 0.717) is 21.9 Å². The smallest absolute Gasteiger partial charge is 0.200 e. The van der Waals surface area contributed by atoms with E-state index in [1.165, 1.54) is 49.1 Å². The Kier molecular flexibility index (Phi) is 6.85. The van der Waals surface area contributed by atoms with Crippen LogP contribution in [0.15, 0.2) is 207 Å². The molecular weight excluding hydrogens is 679 g/mol. The zero-order valence-electron chi connectivity index (χ0n) is 29.1. The lowest BCUT2D eigenvalue weighted by Gasteiger charge is -2.48. The van der Waals surface area contributed by atoms with E-state index in [2.05, 4.69) is 150 Å². The van der Waals surface area contributed by atoms with Crippen LogP contribution in [-0.4, -0.2) is 0 Å². The summed E-state index contributed by atoms with van der Waals surface area (Å²) in [5, 5.41) is 1.18. The average molecular weight is 710 g/mol. The Morgan fingerprint density at radius 1 is 0.444 bits per heavy atom. The molecule has 0 bridgehead atoms. The third-order valence-corrected chi connectivity index (χ3v) is 12.2.